The Hall–Kier alpha value is -0.650. The zero-order chi connectivity index (χ0) is 14.5. The summed E-state index contributed by atoms with van der Waals surface area (Å²) in [4.78, 5) is 4.49. The van der Waals surface area contributed by atoms with Crippen LogP contribution in [0.3, 0.4) is 0 Å². The van der Waals surface area contributed by atoms with Crippen molar-refractivity contribution in [2.24, 2.45) is 0 Å². The van der Waals surface area contributed by atoms with Crippen LogP contribution in [0.2, 0.25) is 0 Å². The fourth-order valence-corrected chi connectivity index (χ4v) is 3.63. The van der Waals surface area contributed by atoms with Crippen LogP contribution in [0.15, 0.2) is 39.5 Å². The number of rotatable bonds is 6. The minimum atomic E-state index is 0.246. The van der Waals surface area contributed by atoms with Crippen LogP contribution in [0.1, 0.15) is 30.8 Å². The second-order valence-electron chi connectivity index (χ2n) is 4.75. The van der Waals surface area contributed by atoms with Gasteiger partial charge in [0.25, 0.3) is 0 Å². The van der Waals surface area contributed by atoms with Gasteiger partial charge in [0.15, 0.2) is 0 Å². The van der Waals surface area contributed by atoms with Crippen molar-refractivity contribution in [2.45, 2.75) is 32.4 Å². The molecule has 0 saturated carbocycles. The van der Waals surface area contributed by atoms with Gasteiger partial charge in [0, 0.05) is 40.3 Å². The molecule has 5 heteroatoms. The Morgan fingerprint density at radius 3 is 2.80 bits per heavy atom. The highest BCUT2D eigenvalue weighted by atomic mass is 79.9. The molecular formula is C15H19Br2N3. The molecule has 0 aliphatic carbocycles. The Labute approximate surface area is 137 Å². The summed E-state index contributed by atoms with van der Waals surface area (Å²) >= 11 is 7.14. The molecule has 0 radical (unpaired) electrons. The Kier molecular flexibility index (Phi) is 5.81. The number of hydrogen-bond donors (Lipinski definition) is 1. The monoisotopic (exact) mass is 399 g/mol. The number of nitrogens with one attached hydrogen (secondary N) is 1. The lowest BCUT2D eigenvalue weighted by Crippen LogP contribution is -2.21. The van der Waals surface area contributed by atoms with E-state index in [-0.39, 0.29) is 6.04 Å². The molecular weight excluding hydrogens is 382 g/mol. The first-order valence-electron chi connectivity index (χ1n) is 6.78. The normalized spacial score (nSPS) is 12.6. The molecule has 0 spiro atoms. The van der Waals surface area contributed by atoms with Crippen molar-refractivity contribution in [2.75, 3.05) is 7.05 Å². The molecule has 0 bridgehead atoms. The van der Waals surface area contributed by atoms with E-state index in [4.69, 9.17) is 0 Å². The predicted octanol–water partition coefficient (Wildman–Crippen LogP) is 4.32. The first kappa shape index (κ1) is 15.7. The molecule has 1 unspecified atom stereocenters. The van der Waals surface area contributed by atoms with Gasteiger partial charge >= 0.3 is 0 Å². The lowest BCUT2D eigenvalue weighted by atomic mass is 10.0. The van der Waals surface area contributed by atoms with Gasteiger partial charge in [-0.3, -0.25) is 0 Å². The number of aryl methyl sites for hydroxylation is 1. The van der Waals surface area contributed by atoms with E-state index in [1.54, 1.807) is 0 Å². The van der Waals surface area contributed by atoms with Crippen LogP contribution in [0, 0.1) is 0 Å². The summed E-state index contributed by atoms with van der Waals surface area (Å²) < 4.78 is 4.42. The first-order chi connectivity index (χ1) is 9.65. The highest BCUT2D eigenvalue weighted by Gasteiger charge is 2.16. The van der Waals surface area contributed by atoms with Gasteiger partial charge in [0.2, 0.25) is 0 Å². The summed E-state index contributed by atoms with van der Waals surface area (Å²) in [5.74, 6) is 1.13. The number of aromatic nitrogens is 2. The van der Waals surface area contributed by atoms with E-state index in [1.165, 1.54) is 5.56 Å². The molecule has 0 fully saturated rings. The van der Waals surface area contributed by atoms with Crippen molar-refractivity contribution >= 4 is 31.9 Å². The maximum atomic E-state index is 4.49. The van der Waals surface area contributed by atoms with Gasteiger partial charge in [0.05, 0.1) is 0 Å². The van der Waals surface area contributed by atoms with Crippen LogP contribution in [0.5, 0.6) is 0 Å². The van der Waals surface area contributed by atoms with Crippen LogP contribution in [-0.4, -0.2) is 16.6 Å². The Morgan fingerprint density at radius 1 is 1.35 bits per heavy atom. The highest BCUT2D eigenvalue weighted by Crippen LogP contribution is 2.28. The molecule has 1 aromatic carbocycles. The van der Waals surface area contributed by atoms with Gasteiger partial charge in [-0.1, -0.05) is 44.8 Å². The zero-order valence-electron chi connectivity index (χ0n) is 11.7. The molecule has 1 aromatic heterocycles. The van der Waals surface area contributed by atoms with Gasteiger partial charge in [-0.25, -0.2) is 4.98 Å². The summed E-state index contributed by atoms with van der Waals surface area (Å²) in [6.07, 6.45) is 5.94. The van der Waals surface area contributed by atoms with Crippen molar-refractivity contribution in [1.82, 2.24) is 14.9 Å². The molecule has 1 heterocycles. The SMILES string of the molecule is CCCn1ccnc1CC(NC)c1ccc(Br)cc1Br. The second kappa shape index (κ2) is 7.38. The van der Waals surface area contributed by atoms with E-state index >= 15 is 0 Å². The number of benzene rings is 1. The van der Waals surface area contributed by atoms with Crippen molar-refractivity contribution in [3.63, 3.8) is 0 Å². The molecule has 0 amide bonds. The summed E-state index contributed by atoms with van der Waals surface area (Å²) in [7, 11) is 1.99. The summed E-state index contributed by atoms with van der Waals surface area (Å²) in [6, 6.07) is 6.54. The summed E-state index contributed by atoms with van der Waals surface area (Å²) in [5, 5.41) is 3.39. The van der Waals surface area contributed by atoms with Crippen LogP contribution < -0.4 is 5.32 Å². The molecule has 2 rings (SSSR count). The second-order valence-corrected chi connectivity index (χ2v) is 6.52. The van der Waals surface area contributed by atoms with E-state index in [9.17, 15) is 0 Å². The number of hydrogen-bond acceptors (Lipinski definition) is 2. The van der Waals surface area contributed by atoms with E-state index < -0.39 is 0 Å². The molecule has 20 heavy (non-hydrogen) atoms. The van der Waals surface area contributed by atoms with Gasteiger partial charge < -0.3 is 9.88 Å². The lowest BCUT2D eigenvalue weighted by molar-refractivity contribution is 0.541. The average Bonchev–Trinajstić information content (AvgIpc) is 2.84. The van der Waals surface area contributed by atoms with Gasteiger partial charge in [-0.05, 0) is 31.2 Å². The summed E-state index contributed by atoms with van der Waals surface area (Å²) in [6.45, 7) is 3.21. The highest BCUT2D eigenvalue weighted by molar-refractivity contribution is 9.11. The maximum Gasteiger partial charge on any atom is 0.110 e. The maximum absolute atomic E-state index is 4.49. The Bertz CT molecular complexity index is 566. The number of nitrogens with zero attached hydrogens (tertiary/aromatic N) is 2. The topological polar surface area (TPSA) is 29.9 Å². The molecule has 0 aliphatic heterocycles. The van der Waals surface area contributed by atoms with Gasteiger partial charge in [-0.2, -0.15) is 0 Å². The molecule has 2 aromatic rings. The number of likely N-dealkylation sites (N-methyl/N-ethyl adjacent to an activating group) is 1. The smallest absolute Gasteiger partial charge is 0.110 e. The van der Waals surface area contributed by atoms with E-state index in [0.29, 0.717) is 0 Å². The Balaban J connectivity index is 2.22. The predicted molar refractivity (Wildman–Crippen MR) is 89.9 cm³/mol. The zero-order valence-corrected chi connectivity index (χ0v) is 14.9. The molecule has 0 aliphatic rings. The molecule has 1 N–H and O–H groups in total. The van der Waals surface area contributed by atoms with E-state index in [0.717, 1.165) is 34.2 Å². The van der Waals surface area contributed by atoms with Crippen molar-refractivity contribution in [1.29, 1.82) is 0 Å². The third-order valence-corrected chi connectivity index (χ3v) is 4.52. The van der Waals surface area contributed by atoms with Crippen LogP contribution in [0.4, 0.5) is 0 Å². The third kappa shape index (κ3) is 3.71. The number of halogens is 2. The average molecular weight is 401 g/mol. The standard InChI is InChI=1S/C15H19Br2N3/c1-3-7-20-8-6-19-15(20)10-14(18-2)12-5-4-11(16)9-13(12)17/h4-6,8-9,14,18H,3,7,10H2,1-2H3. The van der Waals surface area contributed by atoms with Crippen LogP contribution in [0.25, 0.3) is 0 Å². The summed E-state index contributed by atoms with van der Waals surface area (Å²) in [5.41, 5.74) is 1.25. The van der Waals surface area contributed by atoms with Crippen LogP contribution >= 0.6 is 31.9 Å². The fraction of sp³-hybridized carbons (Fsp3) is 0.400. The van der Waals surface area contributed by atoms with Gasteiger partial charge in [-0.15, -0.1) is 0 Å². The van der Waals surface area contributed by atoms with Crippen LogP contribution in [-0.2, 0) is 13.0 Å². The largest absolute Gasteiger partial charge is 0.335 e. The van der Waals surface area contributed by atoms with E-state index in [1.807, 2.05) is 13.2 Å². The number of imidazole rings is 1. The van der Waals surface area contributed by atoms with Crippen molar-refractivity contribution in [3.05, 3.63) is 50.9 Å². The molecule has 1 atom stereocenters. The Morgan fingerprint density at radius 2 is 2.15 bits per heavy atom. The van der Waals surface area contributed by atoms with Gasteiger partial charge in [0.1, 0.15) is 5.82 Å². The first-order valence-corrected chi connectivity index (χ1v) is 8.36. The van der Waals surface area contributed by atoms with Crippen molar-refractivity contribution in [3.8, 4) is 0 Å². The van der Waals surface area contributed by atoms with Crippen molar-refractivity contribution < 1.29 is 0 Å². The third-order valence-electron chi connectivity index (χ3n) is 3.34. The molecule has 3 nitrogen and oxygen atoms in total. The minimum Gasteiger partial charge on any atom is -0.335 e. The van der Waals surface area contributed by atoms with E-state index in [2.05, 4.69) is 78.0 Å². The fourth-order valence-electron chi connectivity index (χ4n) is 2.31. The minimum absolute atomic E-state index is 0.246. The molecule has 108 valence electrons. The lowest BCUT2D eigenvalue weighted by Gasteiger charge is -2.19. The molecule has 0 saturated heterocycles. The quantitative estimate of drug-likeness (QED) is 0.782.